The molecule has 0 aromatic heterocycles. The number of likely N-dealkylation sites (tertiary alicyclic amines) is 1. The molecule has 2 aliphatic heterocycles. The van der Waals surface area contributed by atoms with Gasteiger partial charge in [-0.1, -0.05) is 36.4 Å². The van der Waals surface area contributed by atoms with E-state index >= 15 is 0 Å². The second-order valence-corrected chi connectivity index (χ2v) is 7.40. The zero-order chi connectivity index (χ0) is 18.6. The smallest absolute Gasteiger partial charge is 0.226 e. The van der Waals surface area contributed by atoms with Gasteiger partial charge >= 0.3 is 0 Å². The molecule has 0 radical (unpaired) electrons. The monoisotopic (exact) mass is 365 g/mol. The Hall–Kier alpha value is -2.33. The normalized spacial score (nSPS) is 20.6. The molecule has 0 spiro atoms. The van der Waals surface area contributed by atoms with Crippen LogP contribution in [0.5, 0.6) is 5.75 Å². The predicted octanol–water partition coefficient (Wildman–Crippen LogP) is 4.45. The summed E-state index contributed by atoms with van der Waals surface area (Å²) in [6.07, 6.45) is 3.78. The molecule has 2 fully saturated rings. The minimum atomic E-state index is 0.114. The Morgan fingerprint density at radius 2 is 1.89 bits per heavy atom. The maximum absolute atomic E-state index is 13.2. The van der Waals surface area contributed by atoms with E-state index in [2.05, 4.69) is 41.3 Å². The van der Waals surface area contributed by atoms with Crippen molar-refractivity contribution in [2.45, 2.75) is 31.7 Å². The fraction of sp³-hybridized carbons (Fsp3) is 0.435. The van der Waals surface area contributed by atoms with Crippen LogP contribution in [0.2, 0.25) is 0 Å². The van der Waals surface area contributed by atoms with Crippen LogP contribution in [0.15, 0.2) is 48.5 Å². The Bertz CT molecular complexity index is 798. The molecule has 0 saturated carbocycles. The molecule has 2 aliphatic rings. The Morgan fingerprint density at radius 3 is 2.70 bits per heavy atom. The maximum Gasteiger partial charge on any atom is 0.226 e. The Morgan fingerprint density at radius 1 is 1.07 bits per heavy atom. The molecule has 1 atom stereocenters. The van der Waals surface area contributed by atoms with Gasteiger partial charge in [-0.25, -0.2) is 0 Å². The summed E-state index contributed by atoms with van der Waals surface area (Å²) < 4.78 is 10.8. The highest BCUT2D eigenvalue weighted by molar-refractivity contribution is 5.80. The van der Waals surface area contributed by atoms with Crippen molar-refractivity contribution in [2.75, 3.05) is 26.9 Å². The molecule has 2 heterocycles. The highest BCUT2D eigenvalue weighted by Crippen LogP contribution is 2.39. The van der Waals surface area contributed by atoms with E-state index in [0.29, 0.717) is 19.1 Å². The zero-order valence-corrected chi connectivity index (χ0v) is 15.9. The van der Waals surface area contributed by atoms with Crippen LogP contribution in [0.4, 0.5) is 0 Å². The van der Waals surface area contributed by atoms with Crippen molar-refractivity contribution >= 4 is 5.91 Å². The first-order chi connectivity index (χ1) is 13.3. The SMILES string of the molecule is COc1cccc(-c2ccccc2[C@H]2CCCN2C(=O)C2CCOCC2)c1. The van der Waals surface area contributed by atoms with Gasteiger partial charge in [0, 0.05) is 25.7 Å². The molecule has 4 heteroatoms. The summed E-state index contributed by atoms with van der Waals surface area (Å²) in [5.74, 6) is 1.27. The van der Waals surface area contributed by atoms with Gasteiger partial charge in [0.25, 0.3) is 0 Å². The van der Waals surface area contributed by atoms with Gasteiger partial charge in [0.1, 0.15) is 5.75 Å². The standard InChI is InChI=1S/C23H27NO3/c1-26-19-7-4-6-18(16-19)20-8-2-3-9-21(20)22-10-5-13-24(22)23(25)17-11-14-27-15-12-17/h2-4,6-9,16-17,22H,5,10-15H2,1H3/t22-/m1/s1. The Labute approximate surface area is 161 Å². The minimum Gasteiger partial charge on any atom is -0.497 e. The van der Waals surface area contributed by atoms with Gasteiger partial charge in [0.05, 0.1) is 13.2 Å². The molecule has 27 heavy (non-hydrogen) atoms. The van der Waals surface area contributed by atoms with Crippen LogP contribution < -0.4 is 4.74 Å². The van der Waals surface area contributed by atoms with E-state index in [1.54, 1.807) is 7.11 Å². The molecule has 142 valence electrons. The van der Waals surface area contributed by atoms with Gasteiger partial charge in [-0.2, -0.15) is 0 Å². The summed E-state index contributed by atoms with van der Waals surface area (Å²) in [4.78, 5) is 15.3. The van der Waals surface area contributed by atoms with Crippen LogP contribution >= 0.6 is 0 Å². The molecule has 2 aromatic rings. The van der Waals surface area contributed by atoms with Crippen LogP contribution in [0, 0.1) is 5.92 Å². The summed E-state index contributed by atoms with van der Waals surface area (Å²) in [6.45, 7) is 2.26. The summed E-state index contributed by atoms with van der Waals surface area (Å²) >= 11 is 0. The number of carbonyl (C=O) groups is 1. The number of rotatable bonds is 4. The summed E-state index contributed by atoms with van der Waals surface area (Å²) in [7, 11) is 1.69. The second kappa shape index (κ2) is 8.13. The number of benzene rings is 2. The fourth-order valence-corrected chi connectivity index (χ4v) is 4.37. The average molecular weight is 365 g/mol. The van der Waals surface area contributed by atoms with Crippen LogP contribution in [0.3, 0.4) is 0 Å². The van der Waals surface area contributed by atoms with E-state index in [-0.39, 0.29) is 12.0 Å². The van der Waals surface area contributed by atoms with Crippen molar-refractivity contribution in [1.82, 2.24) is 4.90 Å². The molecule has 2 aromatic carbocycles. The molecular weight excluding hydrogens is 338 g/mol. The summed E-state index contributed by atoms with van der Waals surface area (Å²) in [5, 5.41) is 0. The third-order valence-corrected chi connectivity index (χ3v) is 5.81. The van der Waals surface area contributed by atoms with Crippen molar-refractivity contribution in [3.8, 4) is 16.9 Å². The molecule has 4 rings (SSSR count). The highest BCUT2D eigenvalue weighted by atomic mass is 16.5. The largest absolute Gasteiger partial charge is 0.497 e. The van der Waals surface area contributed by atoms with Crippen LogP contribution in [0.1, 0.15) is 37.3 Å². The molecule has 0 bridgehead atoms. The first kappa shape index (κ1) is 18.1. The van der Waals surface area contributed by atoms with Crippen molar-refractivity contribution < 1.29 is 14.3 Å². The number of amides is 1. The van der Waals surface area contributed by atoms with Gasteiger partial charge in [-0.15, -0.1) is 0 Å². The molecule has 4 nitrogen and oxygen atoms in total. The van der Waals surface area contributed by atoms with E-state index < -0.39 is 0 Å². The number of nitrogens with zero attached hydrogens (tertiary/aromatic N) is 1. The van der Waals surface area contributed by atoms with E-state index in [1.807, 2.05) is 12.1 Å². The second-order valence-electron chi connectivity index (χ2n) is 7.40. The predicted molar refractivity (Wildman–Crippen MR) is 106 cm³/mol. The molecule has 2 saturated heterocycles. The van der Waals surface area contributed by atoms with Crippen molar-refractivity contribution in [1.29, 1.82) is 0 Å². The number of carbonyl (C=O) groups excluding carboxylic acids is 1. The van der Waals surface area contributed by atoms with E-state index in [4.69, 9.17) is 9.47 Å². The fourth-order valence-electron chi connectivity index (χ4n) is 4.37. The van der Waals surface area contributed by atoms with Gasteiger partial charge in [-0.05, 0) is 54.5 Å². The Balaban J connectivity index is 1.65. The number of methoxy groups -OCH3 is 1. The number of hydrogen-bond acceptors (Lipinski definition) is 3. The van der Waals surface area contributed by atoms with E-state index in [0.717, 1.165) is 43.5 Å². The Kier molecular flexibility index (Phi) is 5.44. The average Bonchev–Trinajstić information content (AvgIpc) is 3.23. The third kappa shape index (κ3) is 3.72. The lowest BCUT2D eigenvalue weighted by Crippen LogP contribution is -2.38. The molecule has 0 N–H and O–H groups in total. The summed E-state index contributed by atoms with van der Waals surface area (Å²) in [6, 6.07) is 16.8. The molecule has 0 aliphatic carbocycles. The lowest BCUT2D eigenvalue weighted by atomic mass is 9.92. The van der Waals surface area contributed by atoms with Crippen LogP contribution in [0.25, 0.3) is 11.1 Å². The number of ether oxygens (including phenoxy) is 2. The van der Waals surface area contributed by atoms with Gasteiger partial charge < -0.3 is 14.4 Å². The zero-order valence-electron chi connectivity index (χ0n) is 15.9. The number of hydrogen-bond donors (Lipinski definition) is 0. The summed E-state index contributed by atoms with van der Waals surface area (Å²) in [5.41, 5.74) is 3.56. The third-order valence-electron chi connectivity index (χ3n) is 5.81. The van der Waals surface area contributed by atoms with Crippen molar-refractivity contribution in [3.05, 3.63) is 54.1 Å². The van der Waals surface area contributed by atoms with Crippen LogP contribution in [-0.2, 0) is 9.53 Å². The van der Waals surface area contributed by atoms with Crippen LogP contribution in [-0.4, -0.2) is 37.7 Å². The van der Waals surface area contributed by atoms with Gasteiger partial charge in [-0.3, -0.25) is 4.79 Å². The first-order valence-corrected chi connectivity index (χ1v) is 9.89. The van der Waals surface area contributed by atoms with Gasteiger partial charge in [0.2, 0.25) is 5.91 Å². The quantitative estimate of drug-likeness (QED) is 0.803. The molecule has 0 unspecified atom stereocenters. The molecular formula is C23H27NO3. The lowest BCUT2D eigenvalue weighted by Gasteiger charge is -2.31. The van der Waals surface area contributed by atoms with Crippen molar-refractivity contribution in [2.24, 2.45) is 5.92 Å². The lowest BCUT2D eigenvalue weighted by molar-refractivity contribution is -0.139. The van der Waals surface area contributed by atoms with Gasteiger partial charge in [0.15, 0.2) is 0 Å². The van der Waals surface area contributed by atoms with E-state index in [9.17, 15) is 4.79 Å². The minimum absolute atomic E-state index is 0.114. The maximum atomic E-state index is 13.2. The van der Waals surface area contributed by atoms with Crippen molar-refractivity contribution in [3.63, 3.8) is 0 Å². The topological polar surface area (TPSA) is 38.8 Å². The highest BCUT2D eigenvalue weighted by Gasteiger charge is 2.35. The first-order valence-electron chi connectivity index (χ1n) is 9.89. The molecule has 1 amide bonds. The van der Waals surface area contributed by atoms with E-state index in [1.165, 1.54) is 11.1 Å².